The van der Waals surface area contributed by atoms with Crippen molar-refractivity contribution < 1.29 is 22.7 Å². The standard InChI is InChI=1S/C20H17F3N2O3/c1-28-17(26)10-13(12-8-14(21)19(23)15(22)9-12)18-16(24-25-20(18)27)7-11-5-3-2-4-6-11/h2-6,8-9,13H,7,10H2,1H3,(H2,24,25,27)/t13-/m1/s1. The molecule has 0 radical (unpaired) electrons. The van der Waals surface area contributed by atoms with E-state index in [4.69, 9.17) is 0 Å². The van der Waals surface area contributed by atoms with E-state index in [9.17, 15) is 22.8 Å². The van der Waals surface area contributed by atoms with Gasteiger partial charge in [0.25, 0.3) is 5.56 Å². The maximum atomic E-state index is 13.8. The van der Waals surface area contributed by atoms with Gasteiger partial charge < -0.3 is 9.84 Å². The van der Waals surface area contributed by atoms with Crippen molar-refractivity contribution in [2.24, 2.45) is 0 Å². The first-order valence-electron chi connectivity index (χ1n) is 8.45. The Morgan fingerprint density at radius 2 is 1.71 bits per heavy atom. The average Bonchev–Trinajstić information content (AvgIpc) is 3.04. The van der Waals surface area contributed by atoms with Crippen LogP contribution >= 0.6 is 0 Å². The first-order chi connectivity index (χ1) is 13.4. The number of aromatic amines is 2. The zero-order chi connectivity index (χ0) is 20.3. The van der Waals surface area contributed by atoms with Crippen LogP contribution in [0.25, 0.3) is 0 Å². The normalized spacial score (nSPS) is 12.0. The smallest absolute Gasteiger partial charge is 0.306 e. The van der Waals surface area contributed by atoms with Crippen LogP contribution in [0.3, 0.4) is 0 Å². The van der Waals surface area contributed by atoms with Crippen LogP contribution in [0.1, 0.15) is 34.7 Å². The molecule has 3 rings (SSSR count). The number of aromatic nitrogens is 2. The Morgan fingerprint density at radius 3 is 2.32 bits per heavy atom. The molecule has 8 heteroatoms. The summed E-state index contributed by atoms with van der Waals surface area (Å²) >= 11 is 0. The Kier molecular flexibility index (Phi) is 5.67. The molecule has 0 spiro atoms. The van der Waals surface area contributed by atoms with Crippen molar-refractivity contribution in [1.82, 2.24) is 10.2 Å². The van der Waals surface area contributed by atoms with Gasteiger partial charge in [-0.1, -0.05) is 30.3 Å². The van der Waals surface area contributed by atoms with Crippen LogP contribution in [0, 0.1) is 17.5 Å². The molecule has 1 heterocycles. The fraction of sp³-hybridized carbons (Fsp3) is 0.200. The van der Waals surface area contributed by atoms with E-state index in [1.165, 1.54) is 0 Å². The zero-order valence-corrected chi connectivity index (χ0v) is 14.9. The number of halogens is 3. The lowest BCUT2D eigenvalue weighted by molar-refractivity contribution is -0.140. The predicted molar refractivity (Wildman–Crippen MR) is 95.5 cm³/mol. The van der Waals surface area contributed by atoms with Crippen LogP contribution in [0.15, 0.2) is 47.3 Å². The maximum Gasteiger partial charge on any atom is 0.306 e. The van der Waals surface area contributed by atoms with Crippen molar-refractivity contribution >= 4 is 5.97 Å². The zero-order valence-electron chi connectivity index (χ0n) is 14.9. The number of rotatable bonds is 6. The number of hydrogen-bond acceptors (Lipinski definition) is 3. The average molecular weight is 390 g/mol. The van der Waals surface area contributed by atoms with E-state index in [1.54, 1.807) is 0 Å². The molecule has 146 valence electrons. The summed E-state index contributed by atoms with van der Waals surface area (Å²) in [5, 5.41) is 5.20. The van der Waals surface area contributed by atoms with Crippen LogP contribution in [0.4, 0.5) is 13.2 Å². The van der Waals surface area contributed by atoms with Crippen molar-refractivity contribution in [3.8, 4) is 0 Å². The summed E-state index contributed by atoms with van der Waals surface area (Å²) in [5.41, 5.74) is 0.897. The Bertz CT molecular complexity index is 1020. The molecule has 0 amide bonds. The second-order valence-corrected chi connectivity index (χ2v) is 6.27. The maximum absolute atomic E-state index is 13.8. The monoisotopic (exact) mass is 390 g/mol. The van der Waals surface area contributed by atoms with Gasteiger partial charge >= 0.3 is 5.97 Å². The summed E-state index contributed by atoms with van der Waals surface area (Å²) in [4.78, 5) is 24.4. The van der Waals surface area contributed by atoms with E-state index in [0.29, 0.717) is 12.1 Å². The molecule has 0 aliphatic heterocycles. The largest absolute Gasteiger partial charge is 0.469 e. The van der Waals surface area contributed by atoms with E-state index in [1.807, 2.05) is 30.3 Å². The molecule has 1 aromatic heterocycles. The third-order valence-electron chi connectivity index (χ3n) is 4.48. The first kappa shape index (κ1) is 19.5. The number of benzene rings is 2. The summed E-state index contributed by atoms with van der Waals surface area (Å²) in [6.07, 6.45) is -0.0253. The van der Waals surface area contributed by atoms with Gasteiger partial charge in [0.15, 0.2) is 17.5 Å². The van der Waals surface area contributed by atoms with Crippen LogP contribution < -0.4 is 5.56 Å². The molecule has 0 aliphatic carbocycles. The Labute approximate surface area is 158 Å². The molecule has 0 fully saturated rings. The number of hydrogen-bond donors (Lipinski definition) is 2. The van der Waals surface area contributed by atoms with Crippen molar-refractivity contribution in [2.75, 3.05) is 7.11 Å². The number of esters is 1. The highest BCUT2D eigenvalue weighted by Crippen LogP contribution is 2.31. The topological polar surface area (TPSA) is 75.0 Å². The number of ether oxygens (including phenoxy) is 1. The third kappa shape index (κ3) is 4.00. The molecular formula is C20H17F3N2O3. The van der Waals surface area contributed by atoms with Gasteiger partial charge in [0.2, 0.25) is 0 Å². The highest BCUT2D eigenvalue weighted by atomic mass is 19.2. The Morgan fingerprint density at radius 1 is 1.07 bits per heavy atom. The van der Waals surface area contributed by atoms with Crippen LogP contribution in [0.2, 0.25) is 0 Å². The highest BCUT2D eigenvalue weighted by Gasteiger charge is 2.28. The number of methoxy groups -OCH3 is 1. The number of carbonyl (C=O) groups is 1. The van der Waals surface area contributed by atoms with Crippen molar-refractivity contribution in [2.45, 2.75) is 18.8 Å². The predicted octanol–water partition coefficient (Wildman–Crippen LogP) is 3.41. The molecular weight excluding hydrogens is 373 g/mol. The number of H-pyrrole nitrogens is 2. The summed E-state index contributed by atoms with van der Waals surface area (Å²) in [6, 6.07) is 10.8. The molecule has 0 bridgehead atoms. The van der Waals surface area contributed by atoms with E-state index in [0.717, 1.165) is 24.8 Å². The van der Waals surface area contributed by atoms with Gasteiger partial charge in [-0.15, -0.1) is 0 Å². The summed E-state index contributed by atoms with van der Waals surface area (Å²) in [5.74, 6) is -6.12. The van der Waals surface area contributed by atoms with Gasteiger partial charge in [0.05, 0.1) is 13.5 Å². The Balaban J connectivity index is 2.10. The fourth-order valence-corrected chi connectivity index (χ4v) is 3.12. The molecule has 2 N–H and O–H groups in total. The van der Waals surface area contributed by atoms with Crippen LogP contribution in [-0.2, 0) is 16.0 Å². The van der Waals surface area contributed by atoms with Gasteiger partial charge in [-0.3, -0.25) is 14.7 Å². The van der Waals surface area contributed by atoms with Gasteiger partial charge in [-0.25, -0.2) is 13.2 Å². The van der Waals surface area contributed by atoms with E-state index >= 15 is 0 Å². The van der Waals surface area contributed by atoms with Gasteiger partial charge in [0, 0.05) is 23.6 Å². The second kappa shape index (κ2) is 8.16. The first-order valence-corrected chi connectivity index (χ1v) is 8.45. The number of carbonyl (C=O) groups excluding carboxylic acids is 1. The molecule has 2 aromatic carbocycles. The SMILES string of the molecule is COC(=O)C[C@H](c1cc(F)c(F)c(F)c1)c1c(Cc2ccccc2)[nH][nH]c1=O. The summed E-state index contributed by atoms with van der Waals surface area (Å²) in [6.45, 7) is 0. The van der Waals surface area contributed by atoms with Gasteiger partial charge in [-0.05, 0) is 23.3 Å². The highest BCUT2D eigenvalue weighted by molar-refractivity contribution is 5.71. The van der Waals surface area contributed by atoms with Gasteiger partial charge in [-0.2, -0.15) is 0 Å². The van der Waals surface area contributed by atoms with Crippen molar-refractivity contribution in [1.29, 1.82) is 0 Å². The minimum absolute atomic E-state index is 0.0405. The molecule has 0 aliphatic rings. The molecule has 0 saturated heterocycles. The quantitative estimate of drug-likeness (QED) is 0.500. The lowest BCUT2D eigenvalue weighted by Gasteiger charge is -2.17. The third-order valence-corrected chi connectivity index (χ3v) is 4.48. The second-order valence-electron chi connectivity index (χ2n) is 6.27. The summed E-state index contributed by atoms with van der Waals surface area (Å²) in [7, 11) is 1.16. The summed E-state index contributed by atoms with van der Waals surface area (Å²) < 4.78 is 45.6. The minimum atomic E-state index is -1.62. The lowest BCUT2D eigenvalue weighted by Crippen LogP contribution is -2.18. The molecule has 0 saturated carbocycles. The minimum Gasteiger partial charge on any atom is -0.469 e. The molecule has 28 heavy (non-hydrogen) atoms. The number of nitrogens with one attached hydrogen (secondary N) is 2. The molecule has 3 aromatic rings. The van der Waals surface area contributed by atoms with E-state index < -0.39 is 34.9 Å². The van der Waals surface area contributed by atoms with Crippen LogP contribution in [-0.4, -0.2) is 23.3 Å². The lowest BCUT2D eigenvalue weighted by atomic mass is 9.87. The molecule has 5 nitrogen and oxygen atoms in total. The van der Waals surface area contributed by atoms with E-state index in [-0.39, 0.29) is 17.5 Å². The molecule has 1 atom stereocenters. The Hall–Kier alpha value is -3.29. The fourth-order valence-electron chi connectivity index (χ4n) is 3.12. The van der Waals surface area contributed by atoms with Gasteiger partial charge in [0.1, 0.15) is 0 Å². The molecule has 0 unspecified atom stereocenters. The van der Waals surface area contributed by atoms with Crippen LogP contribution in [0.5, 0.6) is 0 Å². The van der Waals surface area contributed by atoms with E-state index in [2.05, 4.69) is 14.9 Å². The van der Waals surface area contributed by atoms with Crippen molar-refractivity contribution in [3.63, 3.8) is 0 Å². The van der Waals surface area contributed by atoms with Crippen molar-refractivity contribution in [3.05, 3.63) is 92.7 Å².